The lowest BCUT2D eigenvalue weighted by molar-refractivity contribution is -0.167. The third-order valence-corrected chi connectivity index (χ3v) is 7.49. The van der Waals surface area contributed by atoms with Gasteiger partial charge in [0.2, 0.25) is 5.54 Å². The fourth-order valence-corrected chi connectivity index (χ4v) is 5.77. The number of carbonyl (C=O) groups excluding carboxylic acids is 4. The molecular formula is C31H30N2O8. The summed E-state index contributed by atoms with van der Waals surface area (Å²) in [5.74, 6) is -3.98. The number of ether oxygens (including phenoxy) is 4. The second-order valence-corrected chi connectivity index (χ2v) is 9.65. The Morgan fingerprint density at radius 3 is 2.10 bits per heavy atom. The summed E-state index contributed by atoms with van der Waals surface area (Å²) in [6.45, 7) is 3.12. The minimum atomic E-state index is -2.24. The van der Waals surface area contributed by atoms with Crippen LogP contribution in [0.1, 0.15) is 47.3 Å². The molecule has 3 aromatic rings. The van der Waals surface area contributed by atoms with E-state index in [2.05, 4.69) is 10.6 Å². The highest BCUT2D eigenvalue weighted by Crippen LogP contribution is 2.56. The van der Waals surface area contributed by atoms with Gasteiger partial charge >= 0.3 is 17.9 Å². The van der Waals surface area contributed by atoms with Crippen molar-refractivity contribution in [1.82, 2.24) is 10.6 Å². The van der Waals surface area contributed by atoms with E-state index in [0.29, 0.717) is 16.9 Å². The highest BCUT2D eigenvalue weighted by atomic mass is 16.6. The average molecular weight is 559 g/mol. The van der Waals surface area contributed by atoms with Crippen LogP contribution in [0.15, 0.2) is 78.9 Å². The molecule has 212 valence electrons. The Morgan fingerprint density at radius 2 is 1.49 bits per heavy atom. The van der Waals surface area contributed by atoms with Crippen LogP contribution in [0.4, 0.5) is 0 Å². The molecule has 10 nitrogen and oxygen atoms in total. The molecule has 2 aliphatic heterocycles. The van der Waals surface area contributed by atoms with Crippen molar-refractivity contribution in [2.24, 2.45) is 0 Å². The number of nitrogens with one attached hydrogen (secondary N) is 2. The lowest BCUT2D eigenvalue weighted by atomic mass is 9.67. The van der Waals surface area contributed by atoms with Gasteiger partial charge in [-0.15, -0.1) is 0 Å². The van der Waals surface area contributed by atoms with Crippen molar-refractivity contribution in [3.63, 3.8) is 0 Å². The average Bonchev–Trinajstić information content (AvgIpc) is 3.31. The number of esters is 3. The highest BCUT2D eigenvalue weighted by molar-refractivity contribution is 6.11. The van der Waals surface area contributed by atoms with Crippen molar-refractivity contribution in [3.05, 3.63) is 95.6 Å². The number of methoxy groups -OCH3 is 1. The number of carbonyl (C=O) groups is 4. The quantitative estimate of drug-likeness (QED) is 0.243. The topological polar surface area (TPSA) is 129 Å². The van der Waals surface area contributed by atoms with Crippen LogP contribution in [0.5, 0.6) is 11.5 Å². The summed E-state index contributed by atoms with van der Waals surface area (Å²) in [5, 5.41) is 6.05. The number of fused-ring (bicyclic) bond motifs is 3. The molecule has 1 unspecified atom stereocenters. The highest BCUT2D eigenvalue weighted by Gasteiger charge is 2.76. The maximum atomic E-state index is 14.3. The van der Waals surface area contributed by atoms with Gasteiger partial charge in [-0.1, -0.05) is 48.5 Å². The number of hydrogen-bond acceptors (Lipinski definition) is 9. The van der Waals surface area contributed by atoms with Crippen molar-refractivity contribution in [1.29, 1.82) is 0 Å². The maximum Gasteiger partial charge on any atom is 0.340 e. The molecule has 0 aliphatic carbocycles. The van der Waals surface area contributed by atoms with Crippen molar-refractivity contribution >= 4 is 23.8 Å². The molecule has 0 bridgehead atoms. The Bertz CT molecular complexity index is 1450. The molecule has 5 rings (SSSR count). The van der Waals surface area contributed by atoms with Gasteiger partial charge in [-0.2, -0.15) is 0 Å². The lowest BCUT2D eigenvalue weighted by Gasteiger charge is -2.42. The van der Waals surface area contributed by atoms with Gasteiger partial charge in [-0.05, 0) is 49.7 Å². The van der Waals surface area contributed by atoms with Crippen LogP contribution in [0, 0.1) is 0 Å². The zero-order valence-electron chi connectivity index (χ0n) is 22.8. The van der Waals surface area contributed by atoms with Gasteiger partial charge in [-0.3, -0.25) is 10.1 Å². The van der Waals surface area contributed by atoms with Gasteiger partial charge in [0.15, 0.2) is 5.54 Å². The minimum absolute atomic E-state index is 0.0495. The Kier molecular flexibility index (Phi) is 7.51. The molecule has 41 heavy (non-hydrogen) atoms. The molecule has 1 fully saturated rings. The Morgan fingerprint density at radius 1 is 0.878 bits per heavy atom. The summed E-state index contributed by atoms with van der Waals surface area (Å²) in [5.41, 5.74) is -3.13. The molecule has 2 N–H and O–H groups in total. The van der Waals surface area contributed by atoms with Crippen LogP contribution in [-0.2, 0) is 23.9 Å². The van der Waals surface area contributed by atoms with Crippen molar-refractivity contribution < 1.29 is 38.1 Å². The van der Waals surface area contributed by atoms with Gasteiger partial charge in [0.05, 0.1) is 32.3 Å². The lowest BCUT2D eigenvalue weighted by Crippen LogP contribution is -2.66. The minimum Gasteiger partial charge on any atom is -0.497 e. The van der Waals surface area contributed by atoms with Crippen molar-refractivity contribution in [2.75, 3.05) is 20.3 Å². The van der Waals surface area contributed by atoms with E-state index in [1.165, 1.54) is 7.11 Å². The molecule has 0 aromatic heterocycles. The predicted octanol–water partition coefficient (Wildman–Crippen LogP) is 3.08. The van der Waals surface area contributed by atoms with Gasteiger partial charge in [0.1, 0.15) is 11.5 Å². The number of rotatable bonds is 8. The second-order valence-electron chi connectivity index (χ2n) is 9.65. The number of hydrogen-bond donors (Lipinski definition) is 2. The first kappa shape index (κ1) is 27.9. The van der Waals surface area contributed by atoms with E-state index in [1.807, 2.05) is 0 Å². The zero-order chi connectivity index (χ0) is 29.2. The molecule has 3 aromatic carbocycles. The number of benzene rings is 3. The maximum absolute atomic E-state index is 14.3. The first-order valence-electron chi connectivity index (χ1n) is 13.3. The fourth-order valence-electron chi connectivity index (χ4n) is 5.77. The monoisotopic (exact) mass is 558 g/mol. The van der Waals surface area contributed by atoms with E-state index < -0.39 is 46.9 Å². The van der Waals surface area contributed by atoms with E-state index in [9.17, 15) is 19.2 Å². The molecule has 0 saturated carbocycles. The molecule has 0 spiro atoms. The van der Waals surface area contributed by atoms with Crippen LogP contribution in [-0.4, -0.2) is 55.2 Å². The van der Waals surface area contributed by atoms with E-state index >= 15 is 0 Å². The zero-order valence-corrected chi connectivity index (χ0v) is 22.8. The van der Waals surface area contributed by atoms with Crippen LogP contribution in [0.2, 0.25) is 0 Å². The summed E-state index contributed by atoms with van der Waals surface area (Å²) in [4.78, 5) is 56.0. The molecule has 1 amide bonds. The second kappa shape index (κ2) is 11.1. The van der Waals surface area contributed by atoms with E-state index in [4.69, 9.17) is 18.9 Å². The molecule has 3 atom stereocenters. The van der Waals surface area contributed by atoms with Crippen molar-refractivity contribution in [3.8, 4) is 11.5 Å². The first-order valence-corrected chi connectivity index (χ1v) is 13.3. The largest absolute Gasteiger partial charge is 0.497 e. The summed E-state index contributed by atoms with van der Waals surface area (Å²) >= 11 is 0. The standard InChI is InChI=1S/C31H30N2O8/c1-4-39-27(35)31(28(36)40-5-2)24(19-15-17-21(38-3)18-16-19)30(33-26(34)20-11-7-6-8-12-20)25(32-31)22-13-9-10-14-23(22)41-29(30)37/h6-18,24-25,32H,4-5H2,1-3H3,(H,33,34)/t24-,25?,30-/m0/s1. The van der Waals surface area contributed by atoms with E-state index in [0.717, 1.165) is 0 Å². The molecule has 2 heterocycles. The molecule has 10 heteroatoms. The van der Waals surface area contributed by atoms with Gasteiger partial charge in [-0.25, -0.2) is 14.4 Å². The Hall–Kier alpha value is -4.70. The van der Waals surface area contributed by atoms with E-state index in [-0.39, 0.29) is 24.5 Å². The Balaban J connectivity index is 1.83. The third-order valence-electron chi connectivity index (χ3n) is 7.49. The fraction of sp³-hybridized carbons (Fsp3) is 0.290. The van der Waals surface area contributed by atoms with Gasteiger partial charge in [0, 0.05) is 11.1 Å². The van der Waals surface area contributed by atoms with Crippen LogP contribution in [0.3, 0.4) is 0 Å². The SMILES string of the molecule is CCOC(=O)C1(C(=O)OCC)NC2c3ccccc3OC(=O)[C@]2(NC(=O)c2ccccc2)[C@@H]1c1ccc(OC)cc1. The van der Waals surface area contributed by atoms with Crippen molar-refractivity contribution in [2.45, 2.75) is 36.9 Å². The summed E-state index contributed by atoms with van der Waals surface area (Å²) in [6, 6.07) is 20.5. The smallest absolute Gasteiger partial charge is 0.340 e. The summed E-state index contributed by atoms with van der Waals surface area (Å²) < 4.78 is 22.1. The number of amides is 1. The normalized spacial score (nSPS) is 22.0. The van der Waals surface area contributed by atoms with Crippen LogP contribution in [0.25, 0.3) is 0 Å². The summed E-state index contributed by atoms with van der Waals surface area (Å²) in [7, 11) is 1.50. The third kappa shape index (κ3) is 4.40. The summed E-state index contributed by atoms with van der Waals surface area (Å²) in [6.07, 6.45) is 0. The van der Waals surface area contributed by atoms with Gasteiger partial charge in [0.25, 0.3) is 5.91 Å². The molecule has 2 aliphatic rings. The van der Waals surface area contributed by atoms with Crippen LogP contribution >= 0.6 is 0 Å². The number of para-hydroxylation sites is 1. The Labute approximate surface area is 236 Å². The molecule has 0 radical (unpaired) electrons. The van der Waals surface area contributed by atoms with Crippen LogP contribution < -0.4 is 20.1 Å². The van der Waals surface area contributed by atoms with Gasteiger partial charge < -0.3 is 24.3 Å². The molecule has 1 saturated heterocycles. The predicted molar refractivity (Wildman–Crippen MR) is 146 cm³/mol. The molecular weight excluding hydrogens is 528 g/mol. The van der Waals surface area contributed by atoms with E-state index in [1.54, 1.807) is 92.7 Å². The first-order chi connectivity index (χ1) is 19.8.